The molecule has 45 heavy (non-hydrogen) atoms. The van der Waals surface area contributed by atoms with E-state index in [0.717, 1.165) is 12.1 Å². The van der Waals surface area contributed by atoms with Crippen molar-refractivity contribution in [2.45, 2.75) is 12.3 Å². The maximum absolute atomic E-state index is 2.39. The summed E-state index contributed by atoms with van der Waals surface area (Å²) in [6.07, 6.45) is 8.00. The zero-order valence-electron chi connectivity index (χ0n) is 25.3. The first kappa shape index (κ1) is 27.0. The van der Waals surface area contributed by atoms with Gasteiger partial charge in [-0.25, -0.2) is 0 Å². The Kier molecular flexibility index (Phi) is 6.88. The van der Waals surface area contributed by atoms with E-state index >= 15 is 0 Å². The highest BCUT2D eigenvalue weighted by atomic mass is 15.1. The minimum atomic E-state index is 0.340. The van der Waals surface area contributed by atoms with Crippen LogP contribution in [0.1, 0.15) is 17.9 Å². The summed E-state index contributed by atoms with van der Waals surface area (Å²) in [7, 11) is 2.15. The van der Waals surface area contributed by atoms with Crippen LogP contribution < -0.4 is 9.80 Å². The van der Waals surface area contributed by atoms with Gasteiger partial charge in [0, 0.05) is 41.1 Å². The molecule has 0 N–H and O–H groups in total. The molecule has 1 atom stereocenters. The fourth-order valence-corrected chi connectivity index (χ4v) is 6.66. The third-order valence-electron chi connectivity index (χ3n) is 9.14. The molecule has 0 spiro atoms. The topological polar surface area (TPSA) is 6.48 Å². The van der Waals surface area contributed by atoms with Crippen LogP contribution in [0.2, 0.25) is 0 Å². The largest absolute Gasteiger partial charge is 0.345 e. The quantitative estimate of drug-likeness (QED) is 0.181. The summed E-state index contributed by atoms with van der Waals surface area (Å²) in [5.74, 6) is 0.340. The lowest BCUT2D eigenvalue weighted by atomic mass is 9.91. The number of fused-ring (bicyclic) bond motifs is 3. The van der Waals surface area contributed by atoms with Gasteiger partial charge < -0.3 is 9.80 Å². The number of nitrogens with zero attached hydrogens (tertiary/aromatic N) is 2. The average molecular weight is 579 g/mol. The lowest BCUT2D eigenvalue weighted by molar-refractivity contribution is 0.840. The average Bonchev–Trinajstić information content (AvgIpc) is 3.11. The van der Waals surface area contributed by atoms with Crippen LogP contribution in [0.4, 0.5) is 22.7 Å². The molecule has 1 aliphatic rings. The highest BCUT2D eigenvalue weighted by molar-refractivity contribution is 6.00. The van der Waals surface area contributed by atoms with E-state index in [1.807, 2.05) is 0 Å². The molecule has 0 aliphatic heterocycles. The van der Waals surface area contributed by atoms with Gasteiger partial charge in [-0.1, -0.05) is 109 Å². The summed E-state index contributed by atoms with van der Waals surface area (Å²) < 4.78 is 0. The lowest BCUT2D eigenvalue weighted by Crippen LogP contribution is -2.17. The number of allylic oxidation sites excluding steroid dienone is 3. The van der Waals surface area contributed by atoms with Crippen LogP contribution in [0.3, 0.4) is 0 Å². The summed E-state index contributed by atoms with van der Waals surface area (Å²) in [4.78, 5) is 4.66. The van der Waals surface area contributed by atoms with Gasteiger partial charge in [-0.3, -0.25) is 0 Å². The normalized spacial score (nSPS) is 14.5. The van der Waals surface area contributed by atoms with Gasteiger partial charge in [0.2, 0.25) is 0 Å². The van der Waals surface area contributed by atoms with Crippen LogP contribution in [0.5, 0.6) is 0 Å². The predicted molar refractivity (Wildman–Crippen MR) is 193 cm³/mol. The van der Waals surface area contributed by atoms with E-state index in [1.54, 1.807) is 0 Å². The molecule has 0 fully saturated rings. The maximum atomic E-state index is 2.39. The number of anilines is 4. The fraction of sp³-hybridized carbons (Fsp3) is 0.0698. The second-order valence-electron chi connectivity index (χ2n) is 11.9. The molecular formula is C43H34N2. The van der Waals surface area contributed by atoms with Crippen LogP contribution >= 0.6 is 0 Å². The van der Waals surface area contributed by atoms with Crippen molar-refractivity contribution in [3.8, 4) is 0 Å². The summed E-state index contributed by atoms with van der Waals surface area (Å²) >= 11 is 0. The Labute approximate surface area is 264 Å². The number of rotatable bonds is 6. The van der Waals surface area contributed by atoms with Gasteiger partial charge in [0.1, 0.15) is 0 Å². The van der Waals surface area contributed by atoms with Crippen molar-refractivity contribution < 1.29 is 0 Å². The molecule has 0 saturated heterocycles. The van der Waals surface area contributed by atoms with Gasteiger partial charge in [-0.05, 0) is 99.6 Å². The van der Waals surface area contributed by atoms with Crippen LogP contribution in [0.15, 0.2) is 176 Å². The molecule has 7 aromatic rings. The van der Waals surface area contributed by atoms with Gasteiger partial charge in [-0.15, -0.1) is 0 Å². The van der Waals surface area contributed by atoms with E-state index in [2.05, 4.69) is 187 Å². The molecule has 0 amide bonds. The van der Waals surface area contributed by atoms with Gasteiger partial charge in [-0.2, -0.15) is 0 Å². The van der Waals surface area contributed by atoms with Crippen molar-refractivity contribution in [1.82, 2.24) is 0 Å². The van der Waals surface area contributed by atoms with Crippen molar-refractivity contribution in [1.29, 1.82) is 0 Å². The van der Waals surface area contributed by atoms with Gasteiger partial charge in [0.05, 0.1) is 5.69 Å². The molecule has 8 rings (SSSR count). The molecule has 2 nitrogen and oxygen atoms in total. The first-order valence-corrected chi connectivity index (χ1v) is 15.7. The number of hydrogen-bond donors (Lipinski definition) is 0. The number of benzene rings is 7. The molecule has 7 aromatic carbocycles. The second-order valence-corrected chi connectivity index (χ2v) is 11.9. The van der Waals surface area contributed by atoms with Crippen LogP contribution in [0.25, 0.3) is 32.3 Å². The summed E-state index contributed by atoms with van der Waals surface area (Å²) in [6, 6.07) is 54.8. The van der Waals surface area contributed by atoms with Crippen LogP contribution in [-0.2, 0) is 0 Å². The molecule has 0 aromatic heterocycles. The van der Waals surface area contributed by atoms with Crippen molar-refractivity contribution in [3.05, 3.63) is 181 Å². The van der Waals surface area contributed by atoms with Crippen molar-refractivity contribution in [3.63, 3.8) is 0 Å². The second kappa shape index (κ2) is 11.5. The molecule has 1 unspecified atom stereocenters. The van der Waals surface area contributed by atoms with Crippen molar-refractivity contribution in [2.75, 3.05) is 16.8 Å². The van der Waals surface area contributed by atoms with Crippen molar-refractivity contribution >= 4 is 55.1 Å². The Balaban J connectivity index is 1.04. The Morgan fingerprint density at radius 1 is 0.511 bits per heavy atom. The highest BCUT2D eigenvalue weighted by Crippen LogP contribution is 2.39. The van der Waals surface area contributed by atoms with E-state index in [-0.39, 0.29) is 0 Å². The van der Waals surface area contributed by atoms with Gasteiger partial charge in [0.25, 0.3) is 0 Å². The monoisotopic (exact) mass is 578 g/mol. The Bertz CT molecular complexity index is 2200. The maximum Gasteiger partial charge on any atom is 0.0539 e. The summed E-state index contributed by atoms with van der Waals surface area (Å²) in [6.45, 7) is 0. The minimum Gasteiger partial charge on any atom is -0.345 e. The van der Waals surface area contributed by atoms with E-state index < -0.39 is 0 Å². The van der Waals surface area contributed by atoms with E-state index in [9.17, 15) is 0 Å². The van der Waals surface area contributed by atoms with Gasteiger partial charge in [0.15, 0.2) is 0 Å². The van der Waals surface area contributed by atoms with E-state index in [4.69, 9.17) is 0 Å². The Morgan fingerprint density at radius 2 is 1.16 bits per heavy atom. The molecule has 0 saturated carbocycles. The third kappa shape index (κ3) is 5.15. The fourth-order valence-electron chi connectivity index (χ4n) is 6.66. The molecule has 216 valence electrons. The number of para-hydroxylation sites is 1. The third-order valence-corrected chi connectivity index (χ3v) is 9.14. The Hall–Kier alpha value is -5.60. The van der Waals surface area contributed by atoms with Crippen molar-refractivity contribution in [2.24, 2.45) is 0 Å². The number of hydrogen-bond acceptors (Lipinski definition) is 2. The molecule has 2 heteroatoms. The Morgan fingerprint density at radius 3 is 1.91 bits per heavy atom. The molecule has 1 aliphatic carbocycles. The molecule has 0 heterocycles. The molecule has 0 radical (unpaired) electrons. The molecule has 0 bridgehead atoms. The first-order chi connectivity index (χ1) is 22.2. The smallest absolute Gasteiger partial charge is 0.0539 e. The molecular weight excluding hydrogens is 544 g/mol. The van der Waals surface area contributed by atoms with Crippen LogP contribution in [0, 0.1) is 0 Å². The first-order valence-electron chi connectivity index (χ1n) is 15.7. The predicted octanol–water partition coefficient (Wildman–Crippen LogP) is 11.7. The summed E-state index contributed by atoms with van der Waals surface area (Å²) in [5, 5.41) is 7.58. The zero-order valence-corrected chi connectivity index (χ0v) is 25.3. The standard InChI is InChI=1S/C43H34N2/c1-44(41-27-22-36-28-34-11-5-6-12-35(34)29-37(36)30-41)38-23-18-31(19-24-38)32-20-25-40(26-21-32)45(39-14-3-2-4-15-39)43-17-9-13-33-10-7-8-16-42(33)43/h2-20,22-30,32H,21H2,1H3. The van der Waals surface area contributed by atoms with E-state index in [1.165, 1.54) is 60.6 Å². The van der Waals surface area contributed by atoms with Gasteiger partial charge >= 0.3 is 0 Å². The summed E-state index contributed by atoms with van der Waals surface area (Å²) in [5.41, 5.74) is 7.26. The highest BCUT2D eigenvalue weighted by Gasteiger charge is 2.19. The van der Waals surface area contributed by atoms with Crippen LogP contribution in [-0.4, -0.2) is 7.05 Å². The SMILES string of the molecule is CN(c1ccc(C2C=CC(N(c3ccccc3)c3cccc4ccccc34)=CC2)cc1)c1ccc2cc3ccccc3cc2c1. The lowest BCUT2D eigenvalue weighted by Gasteiger charge is -2.30. The zero-order chi connectivity index (χ0) is 30.2. The van der Waals surface area contributed by atoms with E-state index in [0.29, 0.717) is 5.92 Å². The minimum absolute atomic E-state index is 0.340.